The van der Waals surface area contributed by atoms with Gasteiger partial charge < -0.3 is 5.11 Å². The molecule has 0 saturated carbocycles. The van der Waals surface area contributed by atoms with Crippen molar-refractivity contribution in [3.8, 4) is 16.2 Å². The molecule has 0 aliphatic heterocycles. The van der Waals surface area contributed by atoms with Gasteiger partial charge in [0.05, 0.1) is 0 Å². The van der Waals surface area contributed by atoms with Gasteiger partial charge in [0, 0.05) is 4.88 Å². The summed E-state index contributed by atoms with van der Waals surface area (Å²) in [6.45, 7) is 2.07. The highest BCUT2D eigenvalue weighted by atomic mass is 32.1. The second-order valence-electron chi connectivity index (χ2n) is 3.04. The SMILES string of the molecule is Cc1csc(-c2cccc(O)c2)c1. The van der Waals surface area contributed by atoms with Gasteiger partial charge in [-0.3, -0.25) is 0 Å². The number of benzene rings is 1. The van der Waals surface area contributed by atoms with Gasteiger partial charge in [-0.2, -0.15) is 0 Å². The molecule has 0 spiro atoms. The van der Waals surface area contributed by atoms with Gasteiger partial charge in [-0.1, -0.05) is 12.1 Å². The summed E-state index contributed by atoms with van der Waals surface area (Å²) >= 11 is 1.70. The lowest BCUT2D eigenvalue weighted by Crippen LogP contribution is -1.70. The summed E-state index contributed by atoms with van der Waals surface area (Å²) in [5.74, 6) is 0.323. The Balaban J connectivity index is 2.46. The summed E-state index contributed by atoms with van der Waals surface area (Å²) in [6.07, 6.45) is 0. The van der Waals surface area contributed by atoms with Gasteiger partial charge in [0.1, 0.15) is 5.75 Å². The molecule has 0 fully saturated rings. The molecule has 0 bridgehead atoms. The van der Waals surface area contributed by atoms with Crippen molar-refractivity contribution in [1.29, 1.82) is 0 Å². The van der Waals surface area contributed by atoms with Gasteiger partial charge in [-0.05, 0) is 41.6 Å². The highest BCUT2D eigenvalue weighted by molar-refractivity contribution is 7.13. The molecule has 0 amide bonds. The first-order valence-electron chi connectivity index (χ1n) is 4.10. The average molecular weight is 190 g/mol. The Morgan fingerprint density at radius 3 is 2.69 bits per heavy atom. The summed E-state index contributed by atoms with van der Waals surface area (Å²) < 4.78 is 0. The van der Waals surface area contributed by atoms with Crippen LogP contribution in [0.4, 0.5) is 0 Å². The van der Waals surface area contributed by atoms with Crippen molar-refractivity contribution in [3.05, 3.63) is 41.3 Å². The number of aryl methyl sites for hydroxylation is 1. The van der Waals surface area contributed by atoms with Crippen molar-refractivity contribution in [2.45, 2.75) is 6.92 Å². The van der Waals surface area contributed by atoms with Crippen LogP contribution in [0.15, 0.2) is 35.7 Å². The molecular formula is C11H10OS. The second-order valence-corrected chi connectivity index (χ2v) is 3.95. The van der Waals surface area contributed by atoms with Crippen LogP contribution >= 0.6 is 11.3 Å². The van der Waals surface area contributed by atoms with E-state index in [1.165, 1.54) is 10.4 Å². The molecule has 66 valence electrons. The van der Waals surface area contributed by atoms with Crippen LogP contribution in [0.25, 0.3) is 10.4 Å². The number of aromatic hydroxyl groups is 1. The first kappa shape index (κ1) is 8.32. The zero-order valence-corrected chi connectivity index (χ0v) is 8.14. The summed E-state index contributed by atoms with van der Waals surface area (Å²) in [4.78, 5) is 1.20. The number of phenolic OH excluding ortho intramolecular Hbond substituents is 1. The minimum absolute atomic E-state index is 0.323. The molecule has 1 N–H and O–H groups in total. The zero-order valence-electron chi connectivity index (χ0n) is 7.32. The maximum absolute atomic E-state index is 9.29. The molecule has 1 heterocycles. The molecule has 1 nitrogen and oxygen atoms in total. The predicted octanol–water partition coefficient (Wildman–Crippen LogP) is 3.43. The third-order valence-electron chi connectivity index (χ3n) is 1.86. The fourth-order valence-electron chi connectivity index (χ4n) is 1.24. The lowest BCUT2D eigenvalue weighted by atomic mass is 10.1. The van der Waals surface area contributed by atoms with Crippen molar-refractivity contribution in [2.75, 3.05) is 0 Å². The quantitative estimate of drug-likeness (QED) is 0.730. The third-order valence-corrected chi connectivity index (χ3v) is 2.96. The number of hydrogen-bond acceptors (Lipinski definition) is 2. The maximum Gasteiger partial charge on any atom is 0.116 e. The van der Waals surface area contributed by atoms with Gasteiger partial charge in [0.2, 0.25) is 0 Å². The van der Waals surface area contributed by atoms with Crippen molar-refractivity contribution < 1.29 is 5.11 Å². The molecular weight excluding hydrogens is 180 g/mol. The molecule has 0 aliphatic rings. The standard InChI is InChI=1S/C11H10OS/c1-8-5-11(13-7-8)9-3-2-4-10(12)6-9/h2-7,12H,1H3. The predicted molar refractivity (Wildman–Crippen MR) is 56.2 cm³/mol. The van der Waals surface area contributed by atoms with Crippen LogP contribution in [0.1, 0.15) is 5.56 Å². The van der Waals surface area contributed by atoms with E-state index >= 15 is 0 Å². The molecule has 0 unspecified atom stereocenters. The van der Waals surface area contributed by atoms with Crippen LogP contribution in [-0.2, 0) is 0 Å². The largest absolute Gasteiger partial charge is 0.508 e. The lowest BCUT2D eigenvalue weighted by molar-refractivity contribution is 0.475. The first-order valence-corrected chi connectivity index (χ1v) is 4.98. The van der Waals surface area contributed by atoms with Gasteiger partial charge in [-0.15, -0.1) is 11.3 Å². The Hall–Kier alpha value is -1.28. The average Bonchev–Trinajstić information content (AvgIpc) is 2.52. The summed E-state index contributed by atoms with van der Waals surface area (Å²) in [5, 5.41) is 11.4. The van der Waals surface area contributed by atoms with E-state index in [9.17, 15) is 5.11 Å². The summed E-state index contributed by atoms with van der Waals surface area (Å²) in [6, 6.07) is 9.46. The summed E-state index contributed by atoms with van der Waals surface area (Å²) in [7, 11) is 0. The van der Waals surface area contributed by atoms with Crippen LogP contribution in [0.3, 0.4) is 0 Å². The van der Waals surface area contributed by atoms with Gasteiger partial charge >= 0.3 is 0 Å². The van der Waals surface area contributed by atoms with E-state index in [4.69, 9.17) is 0 Å². The minimum Gasteiger partial charge on any atom is -0.508 e. The van der Waals surface area contributed by atoms with Crippen LogP contribution in [0.2, 0.25) is 0 Å². The van der Waals surface area contributed by atoms with Gasteiger partial charge in [0.25, 0.3) is 0 Å². The second kappa shape index (κ2) is 3.23. The fraction of sp³-hybridized carbons (Fsp3) is 0.0909. The lowest BCUT2D eigenvalue weighted by Gasteiger charge is -1.96. The van der Waals surface area contributed by atoms with Gasteiger partial charge in [-0.25, -0.2) is 0 Å². The fourth-order valence-corrected chi connectivity index (χ4v) is 2.14. The molecule has 1 aromatic heterocycles. The molecule has 1 aromatic carbocycles. The van der Waals surface area contributed by atoms with E-state index in [0.29, 0.717) is 5.75 Å². The van der Waals surface area contributed by atoms with E-state index in [0.717, 1.165) is 5.56 Å². The van der Waals surface area contributed by atoms with E-state index in [-0.39, 0.29) is 0 Å². The van der Waals surface area contributed by atoms with Crippen molar-refractivity contribution >= 4 is 11.3 Å². The van der Waals surface area contributed by atoms with Crippen LogP contribution in [-0.4, -0.2) is 5.11 Å². The zero-order chi connectivity index (χ0) is 9.26. The van der Waals surface area contributed by atoms with Crippen LogP contribution < -0.4 is 0 Å². The number of phenols is 1. The van der Waals surface area contributed by atoms with E-state index in [1.807, 2.05) is 12.1 Å². The molecule has 0 aliphatic carbocycles. The molecule has 0 radical (unpaired) electrons. The van der Waals surface area contributed by atoms with Crippen molar-refractivity contribution in [2.24, 2.45) is 0 Å². The van der Waals surface area contributed by atoms with Crippen LogP contribution in [0, 0.1) is 6.92 Å². The highest BCUT2D eigenvalue weighted by Gasteiger charge is 2.00. The van der Waals surface area contributed by atoms with Crippen molar-refractivity contribution in [1.82, 2.24) is 0 Å². The molecule has 2 rings (SSSR count). The Labute approximate surface area is 81.3 Å². The highest BCUT2D eigenvalue weighted by Crippen LogP contribution is 2.28. The molecule has 0 saturated heterocycles. The number of rotatable bonds is 1. The Bertz CT molecular complexity index is 418. The Morgan fingerprint density at radius 2 is 2.08 bits per heavy atom. The third kappa shape index (κ3) is 1.73. The first-order chi connectivity index (χ1) is 6.25. The van der Waals surface area contributed by atoms with Crippen molar-refractivity contribution in [3.63, 3.8) is 0 Å². The van der Waals surface area contributed by atoms with Crippen LogP contribution in [0.5, 0.6) is 5.75 Å². The molecule has 2 heteroatoms. The maximum atomic E-state index is 9.29. The molecule has 0 atom stereocenters. The van der Waals surface area contributed by atoms with E-state index < -0.39 is 0 Å². The Kier molecular flexibility index (Phi) is 2.07. The number of thiophene rings is 1. The van der Waals surface area contributed by atoms with E-state index in [2.05, 4.69) is 18.4 Å². The van der Waals surface area contributed by atoms with Gasteiger partial charge in [0.15, 0.2) is 0 Å². The summed E-state index contributed by atoms with van der Waals surface area (Å²) in [5.41, 5.74) is 2.35. The topological polar surface area (TPSA) is 20.2 Å². The Morgan fingerprint density at radius 1 is 1.23 bits per heavy atom. The number of hydrogen-bond donors (Lipinski definition) is 1. The monoisotopic (exact) mass is 190 g/mol. The van der Waals surface area contributed by atoms with E-state index in [1.54, 1.807) is 23.5 Å². The minimum atomic E-state index is 0.323. The normalized spacial score (nSPS) is 10.2. The molecule has 2 aromatic rings. The molecule has 13 heavy (non-hydrogen) atoms. The smallest absolute Gasteiger partial charge is 0.116 e.